The molecule has 0 saturated heterocycles. The molecule has 0 aromatic heterocycles. The Balaban J connectivity index is 2.60. The van der Waals surface area contributed by atoms with Crippen LogP contribution >= 0.6 is 0 Å². The minimum absolute atomic E-state index is 0.0492. The number of aliphatic hydroxyl groups excluding tert-OH is 2. The van der Waals surface area contributed by atoms with E-state index >= 15 is 0 Å². The fourth-order valence-corrected chi connectivity index (χ4v) is 8.28. The van der Waals surface area contributed by atoms with Crippen LogP contribution in [0, 0.1) is 11.8 Å². The lowest BCUT2D eigenvalue weighted by Crippen LogP contribution is -2.46. The first kappa shape index (κ1) is 52.3. The minimum Gasteiger partial charge on any atom is -0.465 e. The largest absolute Gasteiger partial charge is 0.465 e. The highest BCUT2D eigenvalue weighted by Crippen LogP contribution is 2.25. The van der Waals surface area contributed by atoms with Gasteiger partial charge in [0.25, 0.3) is 0 Å². The number of carbonyl (C=O) groups excluding carboxylic acids is 1. The summed E-state index contributed by atoms with van der Waals surface area (Å²) in [6.07, 6.45) is 36.5. The van der Waals surface area contributed by atoms with Gasteiger partial charge in [-0.3, -0.25) is 9.69 Å². The van der Waals surface area contributed by atoms with Gasteiger partial charge in [0.05, 0.1) is 19.8 Å². The molecule has 1 saturated carbocycles. The molecule has 1 fully saturated rings. The van der Waals surface area contributed by atoms with E-state index in [-0.39, 0.29) is 12.6 Å². The molecule has 55 heavy (non-hydrogen) atoms. The molecule has 0 aromatic rings. The molecule has 328 valence electrons. The van der Waals surface area contributed by atoms with Gasteiger partial charge in [0.1, 0.15) is 0 Å². The molecule has 7 nitrogen and oxygen atoms in total. The molecule has 0 aromatic carbocycles. The number of carbonyl (C=O) groups is 1. The normalized spacial score (nSPS) is 15.1. The van der Waals surface area contributed by atoms with E-state index in [1.54, 1.807) is 0 Å². The van der Waals surface area contributed by atoms with E-state index in [4.69, 9.17) is 9.47 Å². The average molecular weight is 781 g/mol. The maximum Gasteiger partial charge on any atom is 0.305 e. The zero-order valence-corrected chi connectivity index (χ0v) is 37.4. The third kappa shape index (κ3) is 30.9. The molecule has 7 heteroatoms. The summed E-state index contributed by atoms with van der Waals surface area (Å²) in [5, 5.41) is 20.6. The molecule has 0 heterocycles. The summed E-state index contributed by atoms with van der Waals surface area (Å²) in [4.78, 5) is 17.9. The first-order chi connectivity index (χ1) is 27.0. The van der Waals surface area contributed by atoms with E-state index < -0.39 is 6.29 Å². The van der Waals surface area contributed by atoms with E-state index in [2.05, 4.69) is 37.5 Å². The number of hydrogen-bond acceptors (Lipinski definition) is 7. The number of aliphatic hydroxyl groups is 2. The van der Waals surface area contributed by atoms with Crippen molar-refractivity contribution in [3.63, 3.8) is 0 Å². The molecule has 0 amide bonds. The second-order valence-electron chi connectivity index (χ2n) is 17.4. The summed E-state index contributed by atoms with van der Waals surface area (Å²) >= 11 is 0. The molecule has 0 radical (unpaired) electrons. The maximum atomic E-state index is 13.0. The third-order valence-corrected chi connectivity index (χ3v) is 12.3. The van der Waals surface area contributed by atoms with Crippen LogP contribution in [-0.4, -0.2) is 90.9 Å². The Bertz CT molecular complexity index is 811. The molecule has 3 atom stereocenters. The molecule has 2 N–H and O–H groups in total. The van der Waals surface area contributed by atoms with Crippen molar-refractivity contribution in [1.29, 1.82) is 0 Å². The summed E-state index contributed by atoms with van der Waals surface area (Å²) in [5.74, 6) is 0.990. The topological polar surface area (TPSA) is 82.5 Å². The van der Waals surface area contributed by atoms with Gasteiger partial charge in [0.15, 0.2) is 6.29 Å². The maximum absolute atomic E-state index is 13.0. The highest BCUT2D eigenvalue weighted by molar-refractivity contribution is 5.69. The lowest BCUT2D eigenvalue weighted by atomic mass is 9.91. The summed E-state index contributed by atoms with van der Waals surface area (Å²) in [6, 6.07) is 0.594. The molecule has 0 bridgehead atoms. The summed E-state index contributed by atoms with van der Waals surface area (Å²) in [7, 11) is 0. The molecule has 0 spiro atoms. The Labute approximate surface area is 342 Å². The van der Waals surface area contributed by atoms with Gasteiger partial charge in [-0.25, -0.2) is 0 Å². The summed E-state index contributed by atoms with van der Waals surface area (Å²) in [5.41, 5.74) is 0. The van der Waals surface area contributed by atoms with E-state index in [0.717, 1.165) is 45.6 Å². The van der Waals surface area contributed by atoms with Crippen molar-refractivity contribution in [1.82, 2.24) is 9.80 Å². The van der Waals surface area contributed by atoms with E-state index in [0.29, 0.717) is 43.9 Å². The van der Waals surface area contributed by atoms with Gasteiger partial charge in [0, 0.05) is 32.1 Å². The molecule has 1 aliphatic carbocycles. The van der Waals surface area contributed by atoms with Gasteiger partial charge in [-0.05, 0) is 82.7 Å². The average Bonchev–Trinajstić information content (AvgIpc) is 3.16. The second kappa shape index (κ2) is 38.8. The number of nitrogens with zero attached hydrogens (tertiary/aromatic N) is 2. The van der Waals surface area contributed by atoms with Crippen LogP contribution in [0.5, 0.6) is 0 Å². The van der Waals surface area contributed by atoms with Crippen LogP contribution in [0.2, 0.25) is 0 Å². The lowest BCUT2D eigenvalue weighted by Gasteiger charge is -2.38. The van der Waals surface area contributed by atoms with Gasteiger partial charge in [-0.2, -0.15) is 0 Å². The first-order valence-corrected chi connectivity index (χ1v) is 24.5. The second-order valence-corrected chi connectivity index (χ2v) is 17.4. The highest BCUT2D eigenvalue weighted by atomic mass is 16.6. The smallest absolute Gasteiger partial charge is 0.305 e. The molecule has 3 unspecified atom stereocenters. The lowest BCUT2D eigenvalue weighted by molar-refractivity contribution is -0.145. The van der Waals surface area contributed by atoms with Gasteiger partial charge >= 0.3 is 5.97 Å². The van der Waals surface area contributed by atoms with E-state index in [1.807, 2.05) is 0 Å². The van der Waals surface area contributed by atoms with Crippen molar-refractivity contribution in [2.75, 3.05) is 52.5 Å². The standard InChI is InChI=1S/C48H96N2O5/c1-5-9-13-17-19-23-30-44(28-21-15-11-7-3)42-54-47(52)34-26-36-49(38-39-50(40-41-51)46-32-25-33-46)37-27-35-48(53)55-43-45(29-22-16-12-8-4)31-24-20-18-14-10-6-2/h44-47,51-52H,5-43H2,1-4H3. The van der Waals surface area contributed by atoms with Crippen molar-refractivity contribution >= 4 is 5.97 Å². The Hall–Kier alpha value is -0.730. The number of unbranched alkanes of at least 4 members (excludes halogenated alkanes) is 16. The SMILES string of the molecule is CCCCCCCCC(CCCCCC)COC(=O)CCCN(CCCC(O)OCC(CCCCCC)CCCCCCCC)CCN(CCO)C1CCC1. The number of hydrogen-bond donors (Lipinski definition) is 2. The van der Waals surface area contributed by atoms with Crippen LogP contribution in [0.25, 0.3) is 0 Å². The van der Waals surface area contributed by atoms with Crippen LogP contribution in [0.4, 0.5) is 0 Å². The Morgan fingerprint density at radius 3 is 1.53 bits per heavy atom. The minimum atomic E-state index is -0.716. The third-order valence-electron chi connectivity index (χ3n) is 12.3. The van der Waals surface area contributed by atoms with Crippen molar-refractivity contribution in [2.24, 2.45) is 11.8 Å². The van der Waals surface area contributed by atoms with Gasteiger partial charge < -0.3 is 24.6 Å². The fraction of sp³-hybridized carbons (Fsp3) is 0.979. The Morgan fingerprint density at radius 2 is 1.04 bits per heavy atom. The van der Waals surface area contributed by atoms with Crippen LogP contribution in [0.3, 0.4) is 0 Å². The first-order valence-electron chi connectivity index (χ1n) is 24.5. The van der Waals surface area contributed by atoms with Gasteiger partial charge in [-0.1, -0.05) is 163 Å². The van der Waals surface area contributed by atoms with E-state index in [9.17, 15) is 15.0 Å². The van der Waals surface area contributed by atoms with Crippen LogP contribution in [0.15, 0.2) is 0 Å². The molecular weight excluding hydrogens is 685 g/mol. The molecule has 1 rings (SSSR count). The van der Waals surface area contributed by atoms with Gasteiger partial charge in [0.2, 0.25) is 0 Å². The van der Waals surface area contributed by atoms with Crippen LogP contribution in [-0.2, 0) is 14.3 Å². The quantitative estimate of drug-likeness (QED) is 0.0362. The number of rotatable bonds is 43. The zero-order valence-electron chi connectivity index (χ0n) is 37.4. The van der Waals surface area contributed by atoms with Crippen molar-refractivity contribution in [3.05, 3.63) is 0 Å². The van der Waals surface area contributed by atoms with Gasteiger partial charge in [-0.15, -0.1) is 0 Å². The monoisotopic (exact) mass is 781 g/mol. The number of esters is 1. The van der Waals surface area contributed by atoms with Crippen molar-refractivity contribution in [3.8, 4) is 0 Å². The van der Waals surface area contributed by atoms with E-state index in [1.165, 1.54) is 173 Å². The predicted octanol–water partition coefficient (Wildman–Crippen LogP) is 12.2. The van der Waals surface area contributed by atoms with Crippen molar-refractivity contribution in [2.45, 2.75) is 239 Å². The summed E-state index contributed by atoms with van der Waals surface area (Å²) < 4.78 is 12.0. The molecule has 1 aliphatic rings. The van der Waals surface area contributed by atoms with Crippen LogP contribution < -0.4 is 0 Å². The molecular formula is C48H96N2O5. The molecule has 0 aliphatic heterocycles. The Kier molecular flexibility index (Phi) is 36.9. The number of ether oxygens (including phenoxy) is 2. The summed E-state index contributed by atoms with van der Waals surface area (Å²) in [6.45, 7) is 14.8. The predicted molar refractivity (Wildman–Crippen MR) is 235 cm³/mol. The fourth-order valence-electron chi connectivity index (χ4n) is 8.28. The zero-order chi connectivity index (χ0) is 40.0. The van der Waals surface area contributed by atoms with Crippen molar-refractivity contribution < 1.29 is 24.5 Å². The highest BCUT2D eigenvalue weighted by Gasteiger charge is 2.25. The Morgan fingerprint density at radius 1 is 0.564 bits per heavy atom. The van der Waals surface area contributed by atoms with Crippen LogP contribution in [0.1, 0.15) is 227 Å².